The smallest absolute Gasteiger partial charge is 0.0223 e. The Morgan fingerprint density at radius 1 is 1.24 bits per heavy atom. The summed E-state index contributed by atoms with van der Waals surface area (Å²) in [5.41, 5.74) is 5.66. The molecule has 2 aliphatic heterocycles. The summed E-state index contributed by atoms with van der Waals surface area (Å²) in [5, 5.41) is 0. The first-order valence-electron chi connectivity index (χ1n) is 7.46. The zero-order chi connectivity index (χ0) is 12.1. The van der Waals surface area contributed by atoms with E-state index in [0.717, 1.165) is 12.6 Å². The van der Waals surface area contributed by atoms with Crippen molar-refractivity contribution in [3.8, 4) is 0 Å². The van der Waals surface area contributed by atoms with Gasteiger partial charge < -0.3 is 10.6 Å². The molecular formula is C14H29N3. The number of piperazine rings is 1. The molecule has 2 atom stereocenters. The van der Waals surface area contributed by atoms with Gasteiger partial charge in [0.1, 0.15) is 0 Å². The van der Waals surface area contributed by atoms with E-state index in [4.69, 9.17) is 5.73 Å². The lowest BCUT2D eigenvalue weighted by Gasteiger charge is -2.44. The van der Waals surface area contributed by atoms with Crippen molar-refractivity contribution in [1.82, 2.24) is 9.80 Å². The lowest BCUT2D eigenvalue weighted by Crippen LogP contribution is -2.54. The summed E-state index contributed by atoms with van der Waals surface area (Å²) in [7, 11) is 0. The van der Waals surface area contributed by atoms with E-state index in [2.05, 4.69) is 16.7 Å². The number of nitrogens with zero attached hydrogens (tertiary/aromatic N) is 2. The van der Waals surface area contributed by atoms with Crippen LogP contribution in [0, 0.1) is 5.92 Å². The van der Waals surface area contributed by atoms with Gasteiger partial charge in [-0.15, -0.1) is 0 Å². The van der Waals surface area contributed by atoms with Crippen molar-refractivity contribution in [3.05, 3.63) is 0 Å². The maximum Gasteiger partial charge on any atom is 0.0223 e. The maximum absolute atomic E-state index is 5.66. The Labute approximate surface area is 106 Å². The molecule has 0 radical (unpaired) electrons. The van der Waals surface area contributed by atoms with Crippen molar-refractivity contribution in [3.63, 3.8) is 0 Å². The molecule has 0 aliphatic carbocycles. The second kappa shape index (κ2) is 6.72. The number of nitrogens with two attached hydrogens (primary N) is 1. The highest BCUT2D eigenvalue weighted by Gasteiger charge is 2.28. The Morgan fingerprint density at radius 2 is 2.12 bits per heavy atom. The van der Waals surface area contributed by atoms with Crippen molar-refractivity contribution in [2.24, 2.45) is 11.7 Å². The lowest BCUT2D eigenvalue weighted by molar-refractivity contribution is 0.0482. The minimum atomic E-state index is 0.700. The van der Waals surface area contributed by atoms with Gasteiger partial charge in [0.05, 0.1) is 0 Å². The van der Waals surface area contributed by atoms with Gasteiger partial charge in [0.15, 0.2) is 0 Å². The van der Waals surface area contributed by atoms with Gasteiger partial charge in [-0.3, -0.25) is 4.90 Å². The maximum atomic E-state index is 5.66. The second-order valence-electron chi connectivity index (χ2n) is 5.97. The Kier molecular flexibility index (Phi) is 5.26. The standard InChI is InChI=1S/C14H29N3/c1-13(11-15)5-4-7-16-9-10-17-8-3-2-6-14(17)12-16/h13-14H,2-12,15H2,1H3. The van der Waals surface area contributed by atoms with E-state index in [-0.39, 0.29) is 0 Å². The summed E-state index contributed by atoms with van der Waals surface area (Å²) < 4.78 is 0. The normalized spacial score (nSPS) is 28.9. The molecule has 2 N–H and O–H groups in total. The van der Waals surface area contributed by atoms with Crippen LogP contribution in [-0.4, -0.2) is 55.1 Å². The van der Waals surface area contributed by atoms with Crippen LogP contribution >= 0.6 is 0 Å². The summed E-state index contributed by atoms with van der Waals surface area (Å²) in [6, 6.07) is 0.865. The molecule has 3 heteroatoms. The predicted molar refractivity (Wildman–Crippen MR) is 73.1 cm³/mol. The third kappa shape index (κ3) is 3.94. The molecule has 0 aromatic heterocycles. The Bertz CT molecular complexity index is 220. The van der Waals surface area contributed by atoms with Gasteiger partial charge in [-0.05, 0) is 51.2 Å². The molecule has 0 aromatic rings. The molecule has 17 heavy (non-hydrogen) atoms. The van der Waals surface area contributed by atoms with Crippen molar-refractivity contribution in [2.75, 3.05) is 39.3 Å². The molecule has 2 aliphatic rings. The van der Waals surface area contributed by atoms with Gasteiger partial charge in [0.2, 0.25) is 0 Å². The molecule has 2 rings (SSSR count). The number of rotatable bonds is 5. The number of hydrogen-bond acceptors (Lipinski definition) is 3. The summed E-state index contributed by atoms with van der Waals surface area (Å²) in [4.78, 5) is 5.39. The van der Waals surface area contributed by atoms with Crippen LogP contribution in [-0.2, 0) is 0 Å². The fraction of sp³-hybridized carbons (Fsp3) is 1.00. The van der Waals surface area contributed by atoms with Crippen LogP contribution in [0.4, 0.5) is 0 Å². The zero-order valence-electron chi connectivity index (χ0n) is 11.4. The molecular weight excluding hydrogens is 210 g/mol. The molecule has 0 bridgehead atoms. The van der Waals surface area contributed by atoms with Gasteiger partial charge in [-0.2, -0.15) is 0 Å². The minimum absolute atomic E-state index is 0.700. The van der Waals surface area contributed by atoms with Crippen molar-refractivity contribution < 1.29 is 0 Å². The molecule has 2 heterocycles. The van der Waals surface area contributed by atoms with Crippen LogP contribution in [0.15, 0.2) is 0 Å². The van der Waals surface area contributed by atoms with Crippen LogP contribution < -0.4 is 5.73 Å². The molecule has 100 valence electrons. The van der Waals surface area contributed by atoms with Gasteiger partial charge >= 0.3 is 0 Å². The first kappa shape index (κ1) is 13.3. The van der Waals surface area contributed by atoms with Crippen molar-refractivity contribution in [2.45, 2.75) is 45.1 Å². The highest BCUT2D eigenvalue weighted by molar-refractivity contribution is 4.84. The molecule has 0 saturated carbocycles. The van der Waals surface area contributed by atoms with E-state index >= 15 is 0 Å². The molecule has 2 fully saturated rings. The third-order valence-electron chi connectivity index (χ3n) is 4.50. The number of fused-ring (bicyclic) bond motifs is 1. The average Bonchev–Trinajstić information content (AvgIpc) is 2.38. The fourth-order valence-corrected chi connectivity index (χ4v) is 3.20. The highest BCUT2D eigenvalue weighted by Crippen LogP contribution is 2.21. The topological polar surface area (TPSA) is 32.5 Å². The van der Waals surface area contributed by atoms with Crippen molar-refractivity contribution >= 4 is 0 Å². The molecule has 0 spiro atoms. The molecule has 0 aromatic carbocycles. The Morgan fingerprint density at radius 3 is 2.94 bits per heavy atom. The van der Waals surface area contributed by atoms with Crippen LogP contribution in [0.5, 0.6) is 0 Å². The minimum Gasteiger partial charge on any atom is -0.330 e. The fourth-order valence-electron chi connectivity index (χ4n) is 3.20. The first-order valence-corrected chi connectivity index (χ1v) is 7.46. The highest BCUT2D eigenvalue weighted by atomic mass is 15.3. The number of hydrogen-bond donors (Lipinski definition) is 1. The molecule has 2 saturated heterocycles. The van der Waals surface area contributed by atoms with Crippen LogP contribution in [0.1, 0.15) is 39.0 Å². The summed E-state index contributed by atoms with van der Waals surface area (Å²) >= 11 is 0. The van der Waals surface area contributed by atoms with Gasteiger partial charge in [0.25, 0.3) is 0 Å². The summed E-state index contributed by atoms with van der Waals surface area (Å²) in [6.45, 7) is 9.65. The number of piperidine rings is 1. The summed E-state index contributed by atoms with van der Waals surface area (Å²) in [5.74, 6) is 0.700. The van der Waals surface area contributed by atoms with E-state index in [1.165, 1.54) is 64.8 Å². The van der Waals surface area contributed by atoms with Gasteiger partial charge in [0, 0.05) is 25.7 Å². The monoisotopic (exact) mass is 239 g/mol. The van der Waals surface area contributed by atoms with E-state index in [9.17, 15) is 0 Å². The largest absolute Gasteiger partial charge is 0.330 e. The SMILES string of the molecule is CC(CN)CCCN1CCN2CCCCC2C1. The first-order chi connectivity index (χ1) is 8.29. The van der Waals surface area contributed by atoms with E-state index in [1.807, 2.05) is 0 Å². The van der Waals surface area contributed by atoms with Crippen LogP contribution in [0.25, 0.3) is 0 Å². The Balaban J connectivity index is 1.65. The third-order valence-corrected chi connectivity index (χ3v) is 4.50. The quantitative estimate of drug-likeness (QED) is 0.790. The zero-order valence-corrected chi connectivity index (χ0v) is 11.4. The van der Waals surface area contributed by atoms with E-state index in [0.29, 0.717) is 5.92 Å². The predicted octanol–water partition coefficient (Wildman–Crippen LogP) is 1.53. The Hall–Kier alpha value is -0.120. The van der Waals surface area contributed by atoms with E-state index < -0.39 is 0 Å². The molecule has 2 unspecified atom stereocenters. The summed E-state index contributed by atoms with van der Waals surface area (Å²) in [6.07, 6.45) is 6.91. The second-order valence-corrected chi connectivity index (χ2v) is 5.97. The van der Waals surface area contributed by atoms with Gasteiger partial charge in [-0.1, -0.05) is 13.3 Å². The van der Waals surface area contributed by atoms with Gasteiger partial charge in [-0.25, -0.2) is 0 Å². The molecule has 3 nitrogen and oxygen atoms in total. The average molecular weight is 239 g/mol. The lowest BCUT2D eigenvalue weighted by atomic mass is 9.99. The van der Waals surface area contributed by atoms with E-state index in [1.54, 1.807) is 0 Å². The van der Waals surface area contributed by atoms with Crippen molar-refractivity contribution in [1.29, 1.82) is 0 Å². The van der Waals surface area contributed by atoms with Crippen LogP contribution in [0.2, 0.25) is 0 Å². The molecule has 0 amide bonds. The van der Waals surface area contributed by atoms with Crippen LogP contribution in [0.3, 0.4) is 0 Å².